The second-order valence-electron chi connectivity index (χ2n) is 19.0. The summed E-state index contributed by atoms with van der Waals surface area (Å²) in [7, 11) is 0. The predicted octanol–water partition coefficient (Wildman–Crippen LogP) is 17.0. The highest BCUT2D eigenvalue weighted by atomic mass is 16.5. The van der Waals surface area contributed by atoms with Gasteiger partial charge in [-0.3, -0.25) is 9.59 Å². The fourth-order valence-electron chi connectivity index (χ4n) is 8.37. The van der Waals surface area contributed by atoms with Crippen molar-refractivity contribution in [1.29, 1.82) is 0 Å². The summed E-state index contributed by atoms with van der Waals surface area (Å²) in [6.45, 7) is 6.46. The molecule has 0 bridgehead atoms. The van der Waals surface area contributed by atoms with Crippen LogP contribution in [0.5, 0.6) is 0 Å². The molecule has 0 spiro atoms. The normalized spacial score (nSPS) is 13.5. The molecule has 0 aromatic carbocycles. The second-order valence-corrected chi connectivity index (χ2v) is 19.0. The Bertz CT molecular complexity index is 1100. The molecule has 0 aliphatic heterocycles. The van der Waals surface area contributed by atoms with Crippen molar-refractivity contribution in [2.24, 2.45) is 0 Å². The van der Waals surface area contributed by atoms with Gasteiger partial charge >= 0.3 is 5.97 Å². The molecule has 0 fully saturated rings. The van der Waals surface area contributed by atoms with Crippen LogP contribution in [0.25, 0.3) is 0 Å². The van der Waals surface area contributed by atoms with Crippen LogP contribution in [-0.2, 0) is 14.3 Å². The number of unbranched alkanes of at least 4 members (excludes halogenated alkanes) is 30. The van der Waals surface area contributed by atoms with Gasteiger partial charge in [-0.05, 0) is 89.9 Å². The molecule has 0 aliphatic rings. The Balaban J connectivity index is 4.63. The summed E-state index contributed by atoms with van der Waals surface area (Å²) >= 11 is 0. The topological polar surface area (TPSA) is 95.9 Å². The molecule has 0 radical (unpaired) electrons. The zero-order chi connectivity index (χ0) is 46.7. The van der Waals surface area contributed by atoms with Crippen LogP contribution in [0.2, 0.25) is 0 Å². The molecule has 3 atom stereocenters. The SMILES string of the molecule is CCCCC/C=C\C/C=C\C/C=C\CCCCCCC(CC(=O)NC(CO)C(O)CCCCCCCCCCCCCCCC)OC(=O)CCCCC/C=C\CCCCCCCCC. The molecule has 64 heavy (non-hydrogen) atoms. The van der Waals surface area contributed by atoms with Crippen LogP contribution in [0.15, 0.2) is 48.6 Å². The highest BCUT2D eigenvalue weighted by Gasteiger charge is 2.24. The second kappa shape index (κ2) is 51.8. The van der Waals surface area contributed by atoms with Crippen LogP contribution >= 0.6 is 0 Å². The largest absolute Gasteiger partial charge is 0.462 e. The molecule has 0 saturated carbocycles. The lowest BCUT2D eigenvalue weighted by Gasteiger charge is -2.24. The number of carbonyl (C=O) groups excluding carboxylic acids is 2. The first-order valence-electron chi connectivity index (χ1n) is 27.9. The van der Waals surface area contributed by atoms with E-state index in [4.69, 9.17) is 4.74 Å². The molecule has 6 nitrogen and oxygen atoms in total. The number of hydrogen-bond donors (Lipinski definition) is 3. The van der Waals surface area contributed by atoms with Gasteiger partial charge in [-0.2, -0.15) is 0 Å². The third-order valence-corrected chi connectivity index (χ3v) is 12.6. The van der Waals surface area contributed by atoms with E-state index in [0.29, 0.717) is 19.3 Å². The molecule has 3 N–H and O–H groups in total. The molecular formula is C58H107NO5. The summed E-state index contributed by atoms with van der Waals surface area (Å²) in [4.78, 5) is 26.2. The monoisotopic (exact) mass is 898 g/mol. The third-order valence-electron chi connectivity index (χ3n) is 12.6. The standard InChI is InChI=1S/C58H107NO5/c1-4-7-10-13-16-19-22-25-28-29-30-31-34-37-40-43-46-49-54(64-58(63)51-48-45-42-39-36-33-27-24-21-18-15-12-9-6-3)52-57(62)59-55(53-60)56(61)50-47-44-41-38-35-32-26-23-20-17-14-11-8-5-2/h16,19,25,28,30-31,33,36,54-56,60-61H,4-15,17-18,20-24,26-27,29,32,34-35,37-53H2,1-3H3,(H,59,62)/b19-16-,28-25-,31-30-,36-33-. The molecule has 6 heteroatoms. The number of aliphatic hydroxyl groups excluding tert-OH is 2. The van der Waals surface area contributed by atoms with Crippen molar-refractivity contribution in [3.8, 4) is 0 Å². The number of amides is 1. The van der Waals surface area contributed by atoms with Crippen molar-refractivity contribution < 1.29 is 24.5 Å². The van der Waals surface area contributed by atoms with Gasteiger partial charge in [0.25, 0.3) is 0 Å². The maximum Gasteiger partial charge on any atom is 0.306 e. The number of aliphatic hydroxyl groups is 2. The van der Waals surface area contributed by atoms with E-state index >= 15 is 0 Å². The van der Waals surface area contributed by atoms with E-state index in [1.807, 2.05) is 0 Å². The number of rotatable bonds is 50. The maximum atomic E-state index is 13.2. The van der Waals surface area contributed by atoms with E-state index in [1.54, 1.807) is 0 Å². The smallest absolute Gasteiger partial charge is 0.306 e. The number of allylic oxidation sites excluding steroid dienone is 8. The van der Waals surface area contributed by atoms with E-state index in [2.05, 4.69) is 74.7 Å². The number of ether oxygens (including phenoxy) is 1. The summed E-state index contributed by atoms with van der Waals surface area (Å²) in [5, 5.41) is 23.8. The third kappa shape index (κ3) is 46.4. The summed E-state index contributed by atoms with van der Waals surface area (Å²) in [6, 6.07) is -0.712. The number of carbonyl (C=O) groups is 2. The minimum atomic E-state index is -0.797. The van der Waals surface area contributed by atoms with E-state index in [1.165, 1.54) is 148 Å². The first-order chi connectivity index (χ1) is 31.5. The van der Waals surface area contributed by atoms with Crippen molar-refractivity contribution in [1.82, 2.24) is 5.32 Å². The summed E-state index contributed by atoms with van der Waals surface area (Å²) in [5.74, 6) is -0.506. The first kappa shape index (κ1) is 61.8. The predicted molar refractivity (Wildman–Crippen MR) is 278 cm³/mol. The van der Waals surface area contributed by atoms with E-state index < -0.39 is 18.2 Å². The van der Waals surface area contributed by atoms with E-state index in [-0.39, 0.29) is 24.9 Å². The minimum absolute atomic E-state index is 0.0578. The summed E-state index contributed by atoms with van der Waals surface area (Å²) in [6.07, 6.45) is 63.1. The molecule has 0 saturated heterocycles. The molecular weight excluding hydrogens is 791 g/mol. The molecule has 0 rings (SSSR count). The number of esters is 1. The quantitative estimate of drug-likeness (QED) is 0.0321. The van der Waals surface area contributed by atoms with Crippen LogP contribution in [0.3, 0.4) is 0 Å². The molecule has 1 amide bonds. The van der Waals surface area contributed by atoms with Crippen LogP contribution in [-0.4, -0.2) is 46.9 Å². The lowest BCUT2D eigenvalue weighted by Crippen LogP contribution is -2.46. The highest BCUT2D eigenvalue weighted by molar-refractivity contribution is 5.77. The lowest BCUT2D eigenvalue weighted by molar-refractivity contribution is -0.151. The molecule has 0 aliphatic carbocycles. The van der Waals surface area contributed by atoms with E-state index in [9.17, 15) is 19.8 Å². The Morgan fingerprint density at radius 1 is 0.453 bits per heavy atom. The Kier molecular flexibility index (Phi) is 50.0. The number of hydrogen-bond acceptors (Lipinski definition) is 5. The van der Waals surface area contributed by atoms with Gasteiger partial charge in [0.1, 0.15) is 6.10 Å². The summed E-state index contributed by atoms with van der Waals surface area (Å²) < 4.78 is 5.94. The van der Waals surface area contributed by atoms with Crippen LogP contribution in [0.4, 0.5) is 0 Å². The van der Waals surface area contributed by atoms with Gasteiger partial charge < -0.3 is 20.3 Å². The van der Waals surface area contributed by atoms with Crippen LogP contribution in [0.1, 0.15) is 284 Å². The van der Waals surface area contributed by atoms with E-state index in [0.717, 1.165) is 89.9 Å². The minimum Gasteiger partial charge on any atom is -0.462 e. The Hall–Kier alpha value is -2.18. The van der Waals surface area contributed by atoms with Gasteiger partial charge in [0.15, 0.2) is 0 Å². The molecule has 0 heterocycles. The zero-order valence-corrected chi connectivity index (χ0v) is 42.7. The molecule has 3 unspecified atom stereocenters. The van der Waals surface area contributed by atoms with Gasteiger partial charge in [0.05, 0.1) is 25.2 Å². The fourth-order valence-corrected chi connectivity index (χ4v) is 8.37. The fraction of sp³-hybridized carbons (Fsp3) is 0.828. The Morgan fingerprint density at radius 2 is 0.797 bits per heavy atom. The van der Waals surface area contributed by atoms with Crippen molar-refractivity contribution in [2.45, 2.75) is 302 Å². The van der Waals surface area contributed by atoms with Crippen molar-refractivity contribution in [3.05, 3.63) is 48.6 Å². The average Bonchev–Trinajstić information content (AvgIpc) is 3.29. The van der Waals surface area contributed by atoms with Gasteiger partial charge in [0, 0.05) is 6.42 Å². The van der Waals surface area contributed by atoms with Gasteiger partial charge in [-0.1, -0.05) is 230 Å². The first-order valence-corrected chi connectivity index (χ1v) is 27.9. The maximum absolute atomic E-state index is 13.2. The van der Waals surface area contributed by atoms with Crippen LogP contribution < -0.4 is 5.32 Å². The number of nitrogens with one attached hydrogen (secondary N) is 1. The van der Waals surface area contributed by atoms with Gasteiger partial charge in [-0.25, -0.2) is 0 Å². The Labute approximate surface area is 397 Å². The van der Waals surface area contributed by atoms with Crippen molar-refractivity contribution in [3.63, 3.8) is 0 Å². The Morgan fingerprint density at radius 3 is 1.25 bits per heavy atom. The van der Waals surface area contributed by atoms with Crippen LogP contribution in [0, 0.1) is 0 Å². The lowest BCUT2D eigenvalue weighted by atomic mass is 10.0. The summed E-state index contributed by atoms with van der Waals surface area (Å²) in [5.41, 5.74) is 0. The highest BCUT2D eigenvalue weighted by Crippen LogP contribution is 2.18. The molecule has 0 aromatic heterocycles. The van der Waals surface area contributed by atoms with Crippen molar-refractivity contribution >= 4 is 11.9 Å². The van der Waals surface area contributed by atoms with Crippen molar-refractivity contribution in [2.75, 3.05) is 6.61 Å². The molecule has 0 aromatic rings. The molecule has 374 valence electrons. The zero-order valence-electron chi connectivity index (χ0n) is 42.7. The average molecular weight is 898 g/mol. The van der Waals surface area contributed by atoms with Gasteiger partial charge in [-0.15, -0.1) is 0 Å². The van der Waals surface area contributed by atoms with Gasteiger partial charge in [0.2, 0.25) is 5.91 Å².